The van der Waals surface area contributed by atoms with Crippen LogP contribution in [0.25, 0.3) is 11.3 Å². The van der Waals surface area contributed by atoms with Crippen LogP contribution >= 0.6 is 11.6 Å². The van der Waals surface area contributed by atoms with Crippen LogP contribution in [0.5, 0.6) is 5.75 Å². The van der Waals surface area contributed by atoms with Crippen LogP contribution in [-0.2, 0) is 24.2 Å². The zero-order valence-corrected chi connectivity index (χ0v) is 24.1. The van der Waals surface area contributed by atoms with Gasteiger partial charge in [0, 0.05) is 24.7 Å². The lowest BCUT2D eigenvalue weighted by Gasteiger charge is -2.35. The number of carbonyl (C=O) groups excluding carboxylic acids is 1. The van der Waals surface area contributed by atoms with Gasteiger partial charge in [0.15, 0.2) is 5.69 Å². The summed E-state index contributed by atoms with van der Waals surface area (Å²) in [7, 11) is 0. The first kappa shape index (κ1) is 33.2. The van der Waals surface area contributed by atoms with Crippen molar-refractivity contribution in [1.82, 2.24) is 19.8 Å². The molecule has 16 heteroatoms. The van der Waals surface area contributed by atoms with Gasteiger partial charge in [-0.2, -0.15) is 27.1 Å². The van der Waals surface area contributed by atoms with Crippen LogP contribution in [0.3, 0.4) is 0 Å². The van der Waals surface area contributed by atoms with Crippen molar-refractivity contribution in [3.05, 3.63) is 34.5 Å². The van der Waals surface area contributed by atoms with E-state index in [1.165, 1.54) is 16.8 Å². The second-order valence-electron chi connectivity index (χ2n) is 10.6. The Kier molecular flexibility index (Phi) is 10.4. The van der Waals surface area contributed by atoms with Gasteiger partial charge in [0.1, 0.15) is 5.75 Å². The number of hydrogen-bond donors (Lipinski definition) is 4. The van der Waals surface area contributed by atoms with E-state index in [1.54, 1.807) is 6.92 Å². The summed E-state index contributed by atoms with van der Waals surface area (Å²) in [5.41, 5.74) is -3.49. The third kappa shape index (κ3) is 8.15. The maximum absolute atomic E-state index is 13.4. The lowest BCUT2D eigenvalue weighted by molar-refractivity contribution is -0.211. The molecule has 1 heterocycles. The number of benzene rings is 1. The fourth-order valence-corrected chi connectivity index (χ4v) is 5.51. The molecule has 0 bridgehead atoms. The van der Waals surface area contributed by atoms with Crippen LogP contribution in [-0.4, -0.2) is 60.5 Å². The van der Waals surface area contributed by atoms with Gasteiger partial charge in [-0.15, -0.1) is 0 Å². The SMILES string of the molecule is CCn1nc(C(=O)NCC2(O)CCC(NS(=O)O)CC2)c(Cl)c1-c1ccc(CC(C)(C)C(F)(F)F)cc1OC(F)F. The molecule has 0 aliphatic heterocycles. The van der Waals surface area contributed by atoms with E-state index in [0.29, 0.717) is 12.8 Å². The van der Waals surface area contributed by atoms with Gasteiger partial charge in [-0.25, -0.2) is 8.93 Å². The highest BCUT2D eigenvalue weighted by Crippen LogP contribution is 2.43. The Labute approximate surface area is 241 Å². The minimum atomic E-state index is -4.54. The van der Waals surface area contributed by atoms with E-state index in [-0.39, 0.29) is 59.5 Å². The smallest absolute Gasteiger partial charge is 0.394 e. The number of aliphatic hydroxyl groups is 1. The first-order valence-electron chi connectivity index (χ1n) is 12.7. The molecule has 1 saturated carbocycles. The summed E-state index contributed by atoms with van der Waals surface area (Å²) >= 11 is 4.34. The Bertz CT molecular complexity index is 1270. The predicted molar refractivity (Wildman–Crippen MR) is 142 cm³/mol. The molecule has 4 N–H and O–H groups in total. The number of amides is 1. The number of ether oxygens (including phenoxy) is 1. The van der Waals surface area contributed by atoms with Gasteiger partial charge >= 0.3 is 12.8 Å². The van der Waals surface area contributed by atoms with Crippen molar-refractivity contribution in [3.63, 3.8) is 0 Å². The van der Waals surface area contributed by atoms with Crippen molar-refractivity contribution in [2.45, 2.75) is 83.9 Å². The Morgan fingerprint density at radius 3 is 2.46 bits per heavy atom. The average Bonchev–Trinajstić information content (AvgIpc) is 3.19. The van der Waals surface area contributed by atoms with Crippen LogP contribution in [0, 0.1) is 5.41 Å². The van der Waals surface area contributed by atoms with Crippen molar-refractivity contribution in [1.29, 1.82) is 0 Å². The van der Waals surface area contributed by atoms with E-state index in [1.807, 2.05) is 0 Å². The summed E-state index contributed by atoms with van der Waals surface area (Å²) in [6, 6.07) is 3.47. The van der Waals surface area contributed by atoms with E-state index < -0.39 is 53.1 Å². The van der Waals surface area contributed by atoms with Gasteiger partial charge < -0.3 is 15.2 Å². The monoisotopic (exact) mass is 630 g/mol. The molecule has 1 aromatic carbocycles. The van der Waals surface area contributed by atoms with Crippen LogP contribution in [0.1, 0.15) is 62.5 Å². The standard InChI is InChI=1S/C25H32ClF5N4O5S/c1-4-35-20(16-6-5-14(11-17(16)40-22(27)28)12-23(2,3)25(29,30)31)18(26)19(33-35)21(36)32-13-24(37)9-7-15(8-10-24)34-41(38)39/h5-6,11,15,22,34,37H,4,7-10,12-13H2,1-3H3,(H,32,36)(H,38,39). The molecule has 1 aliphatic carbocycles. The highest BCUT2D eigenvalue weighted by Gasteiger charge is 2.47. The first-order valence-corrected chi connectivity index (χ1v) is 14.2. The zero-order chi connectivity index (χ0) is 30.8. The maximum Gasteiger partial charge on any atom is 0.394 e. The summed E-state index contributed by atoms with van der Waals surface area (Å²) in [6.45, 7) is 0.371. The minimum Gasteiger partial charge on any atom is -0.434 e. The van der Waals surface area contributed by atoms with Crippen LogP contribution in [0.15, 0.2) is 18.2 Å². The molecule has 3 rings (SSSR count). The molecule has 1 atom stereocenters. The van der Waals surface area contributed by atoms with Gasteiger partial charge in [-0.05, 0) is 56.7 Å². The Morgan fingerprint density at radius 1 is 1.29 bits per heavy atom. The molecule has 9 nitrogen and oxygen atoms in total. The molecule has 1 fully saturated rings. The Balaban J connectivity index is 1.86. The average molecular weight is 631 g/mol. The minimum absolute atomic E-state index is 0.00277. The van der Waals surface area contributed by atoms with Crippen LogP contribution in [0.2, 0.25) is 5.02 Å². The van der Waals surface area contributed by atoms with E-state index >= 15 is 0 Å². The third-order valence-electron chi connectivity index (χ3n) is 7.10. The van der Waals surface area contributed by atoms with Gasteiger partial charge in [0.2, 0.25) is 11.3 Å². The molecule has 1 aromatic heterocycles. The molecule has 2 aromatic rings. The molecular formula is C25H32ClF5N4O5S. The van der Waals surface area contributed by atoms with Gasteiger partial charge in [0.25, 0.3) is 5.91 Å². The Hall–Kier alpha value is -2.33. The van der Waals surface area contributed by atoms with E-state index in [4.69, 9.17) is 16.2 Å². The second kappa shape index (κ2) is 12.9. The molecular weight excluding hydrogens is 599 g/mol. The highest BCUT2D eigenvalue weighted by molar-refractivity contribution is 7.77. The molecule has 0 saturated heterocycles. The molecule has 41 heavy (non-hydrogen) atoms. The summed E-state index contributed by atoms with van der Waals surface area (Å²) in [5.74, 6) is -1.17. The maximum atomic E-state index is 13.4. The topological polar surface area (TPSA) is 126 Å². The number of hydrogen-bond acceptors (Lipinski definition) is 5. The Morgan fingerprint density at radius 2 is 1.93 bits per heavy atom. The number of carbonyl (C=O) groups is 1. The fraction of sp³-hybridized carbons (Fsp3) is 0.600. The summed E-state index contributed by atoms with van der Waals surface area (Å²) in [4.78, 5) is 13.0. The summed E-state index contributed by atoms with van der Waals surface area (Å²) < 4.78 is 95.2. The second-order valence-corrected chi connectivity index (χ2v) is 11.8. The van der Waals surface area contributed by atoms with Crippen molar-refractivity contribution < 1.29 is 45.4 Å². The summed E-state index contributed by atoms with van der Waals surface area (Å²) in [5, 5.41) is 17.4. The summed E-state index contributed by atoms with van der Waals surface area (Å²) in [6.07, 6.45) is -3.74. The molecule has 1 aliphatic rings. The molecule has 0 radical (unpaired) electrons. The van der Waals surface area contributed by atoms with E-state index in [0.717, 1.165) is 19.9 Å². The number of nitrogens with zero attached hydrogens (tertiary/aromatic N) is 2. The molecule has 0 spiro atoms. The molecule has 230 valence electrons. The van der Waals surface area contributed by atoms with Gasteiger partial charge in [-0.3, -0.25) is 14.0 Å². The van der Waals surface area contributed by atoms with Crippen molar-refractivity contribution >= 4 is 28.8 Å². The van der Waals surface area contributed by atoms with E-state index in [2.05, 4.69) is 19.9 Å². The highest BCUT2D eigenvalue weighted by atomic mass is 35.5. The van der Waals surface area contributed by atoms with E-state index in [9.17, 15) is 36.1 Å². The molecule has 1 amide bonds. The largest absolute Gasteiger partial charge is 0.434 e. The number of halogens is 6. The number of nitrogens with one attached hydrogen (secondary N) is 2. The number of aromatic nitrogens is 2. The van der Waals surface area contributed by atoms with Crippen LogP contribution < -0.4 is 14.8 Å². The third-order valence-corrected chi connectivity index (χ3v) is 7.99. The zero-order valence-electron chi connectivity index (χ0n) is 22.5. The lowest BCUT2D eigenvalue weighted by Crippen LogP contribution is -2.48. The van der Waals surface area contributed by atoms with Crippen molar-refractivity contribution in [3.8, 4) is 17.0 Å². The van der Waals surface area contributed by atoms with Crippen molar-refractivity contribution in [2.24, 2.45) is 5.41 Å². The van der Waals surface area contributed by atoms with Crippen LogP contribution in [0.4, 0.5) is 22.0 Å². The molecule has 1 unspecified atom stereocenters. The first-order chi connectivity index (χ1) is 19.0. The van der Waals surface area contributed by atoms with Gasteiger partial charge in [0.05, 0.1) is 21.7 Å². The predicted octanol–water partition coefficient (Wildman–Crippen LogP) is 5.09. The van der Waals surface area contributed by atoms with Gasteiger partial charge in [-0.1, -0.05) is 31.5 Å². The lowest BCUT2D eigenvalue weighted by atomic mass is 9.82. The number of rotatable bonds is 11. The fourth-order valence-electron chi connectivity index (χ4n) is 4.67. The van der Waals surface area contributed by atoms with Crippen molar-refractivity contribution in [2.75, 3.05) is 6.54 Å². The normalized spacial score (nSPS) is 20.7. The quantitative estimate of drug-likeness (QED) is 0.203. The number of aryl methyl sites for hydroxylation is 1. The number of alkyl halides is 5.